The Kier molecular flexibility index (Phi) is 1.71. The molecule has 2 heteroatoms. The maximum absolute atomic E-state index is 5.54. The first-order chi connectivity index (χ1) is 3.39. The van der Waals surface area contributed by atoms with Crippen molar-refractivity contribution in [3.63, 3.8) is 0 Å². The van der Waals surface area contributed by atoms with Gasteiger partial charge in [0.2, 0.25) is 0 Å². The number of ether oxygens (including phenoxy) is 1. The summed E-state index contributed by atoms with van der Waals surface area (Å²) in [5.74, 6) is 0. The van der Waals surface area contributed by atoms with E-state index in [0.29, 0.717) is 6.61 Å². The number of halogens is 1. The summed E-state index contributed by atoms with van der Waals surface area (Å²) in [4.78, 5) is 0. The lowest BCUT2D eigenvalue weighted by Crippen LogP contribution is -2.07. The van der Waals surface area contributed by atoms with Crippen LogP contribution in [-0.2, 0) is 4.74 Å². The Morgan fingerprint density at radius 3 is 2.71 bits per heavy atom. The smallest absolute Gasteiger partial charge is 0.135 e. The zero-order valence-electron chi connectivity index (χ0n) is 3.93. The Bertz CT molecular complexity index is 80.1. The fourth-order valence-electron chi connectivity index (χ4n) is 0.499. The summed E-state index contributed by atoms with van der Waals surface area (Å²) in [5, 5.41) is 0. The third-order valence-electron chi connectivity index (χ3n) is 0.861. The highest BCUT2D eigenvalue weighted by molar-refractivity contribution is 6.19. The minimum absolute atomic E-state index is 0.0787. The fraction of sp³-hybridized carbons (Fsp3) is 0.600. The van der Waals surface area contributed by atoms with Crippen LogP contribution in [0.5, 0.6) is 0 Å². The monoisotopic (exact) mass is 118 g/mol. The number of rotatable bonds is 0. The summed E-state index contributed by atoms with van der Waals surface area (Å²) < 4.78 is 4.96. The highest BCUT2D eigenvalue weighted by Gasteiger charge is 2.02. The third kappa shape index (κ3) is 1.49. The molecule has 1 unspecified atom stereocenters. The molecular formula is C5H7ClO. The zero-order chi connectivity index (χ0) is 5.11. The average Bonchev–Trinajstić information content (AvgIpc) is 1.69. The van der Waals surface area contributed by atoms with Crippen molar-refractivity contribution in [1.29, 1.82) is 0 Å². The molecule has 1 aliphatic rings. The molecule has 0 fully saturated rings. The quantitative estimate of drug-likeness (QED) is 0.346. The van der Waals surface area contributed by atoms with Crippen LogP contribution in [0, 0.1) is 0 Å². The highest BCUT2D eigenvalue weighted by Crippen LogP contribution is 2.08. The van der Waals surface area contributed by atoms with Gasteiger partial charge in [-0.25, -0.2) is 0 Å². The van der Waals surface area contributed by atoms with E-state index in [1.54, 1.807) is 0 Å². The number of hydrogen-bond acceptors (Lipinski definition) is 1. The van der Waals surface area contributed by atoms with Gasteiger partial charge in [-0.3, -0.25) is 0 Å². The first-order valence-electron chi connectivity index (χ1n) is 2.30. The van der Waals surface area contributed by atoms with E-state index in [1.165, 1.54) is 0 Å². The molecule has 0 saturated heterocycles. The van der Waals surface area contributed by atoms with Crippen molar-refractivity contribution in [3.05, 3.63) is 12.2 Å². The van der Waals surface area contributed by atoms with Crippen LogP contribution in [-0.4, -0.2) is 12.2 Å². The Morgan fingerprint density at radius 1 is 1.57 bits per heavy atom. The molecule has 1 heterocycles. The van der Waals surface area contributed by atoms with E-state index in [4.69, 9.17) is 16.3 Å². The molecule has 1 atom stereocenters. The number of hydrogen-bond donors (Lipinski definition) is 0. The van der Waals surface area contributed by atoms with E-state index in [-0.39, 0.29) is 5.56 Å². The van der Waals surface area contributed by atoms with Crippen LogP contribution in [0.4, 0.5) is 0 Å². The molecule has 0 saturated carbocycles. The molecule has 0 aromatic heterocycles. The van der Waals surface area contributed by atoms with Gasteiger partial charge in [0.25, 0.3) is 0 Å². The summed E-state index contributed by atoms with van der Waals surface area (Å²) in [5.41, 5.74) is -0.0787. The topological polar surface area (TPSA) is 9.23 Å². The van der Waals surface area contributed by atoms with E-state index >= 15 is 0 Å². The van der Waals surface area contributed by atoms with E-state index in [0.717, 1.165) is 6.42 Å². The second-order valence-corrected chi connectivity index (χ2v) is 1.94. The molecule has 0 radical (unpaired) electrons. The average molecular weight is 119 g/mol. The van der Waals surface area contributed by atoms with E-state index in [2.05, 4.69) is 0 Å². The van der Waals surface area contributed by atoms with Crippen molar-refractivity contribution in [2.75, 3.05) is 6.61 Å². The van der Waals surface area contributed by atoms with E-state index in [1.807, 2.05) is 12.2 Å². The molecule has 0 aliphatic carbocycles. The Labute approximate surface area is 47.9 Å². The normalized spacial score (nSPS) is 30.7. The van der Waals surface area contributed by atoms with Gasteiger partial charge in [-0.1, -0.05) is 23.8 Å². The maximum atomic E-state index is 5.54. The van der Waals surface area contributed by atoms with E-state index < -0.39 is 0 Å². The van der Waals surface area contributed by atoms with Crippen LogP contribution in [0.2, 0.25) is 0 Å². The first kappa shape index (κ1) is 5.13. The molecule has 1 rings (SSSR count). The summed E-state index contributed by atoms with van der Waals surface area (Å²) in [7, 11) is 0. The van der Waals surface area contributed by atoms with Crippen LogP contribution in [0.25, 0.3) is 0 Å². The summed E-state index contributed by atoms with van der Waals surface area (Å²) in [6.07, 6.45) is 4.85. The molecule has 0 amide bonds. The lowest BCUT2D eigenvalue weighted by molar-refractivity contribution is 0.126. The molecule has 1 nitrogen and oxygen atoms in total. The van der Waals surface area contributed by atoms with Crippen molar-refractivity contribution < 1.29 is 4.74 Å². The highest BCUT2D eigenvalue weighted by atomic mass is 35.5. The molecule has 0 aromatic rings. The van der Waals surface area contributed by atoms with Crippen LogP contribution >= 0.6 is 11.6 Å². The van der Waals surface area contributed by atoms with Crippen molar-refractivity contribution in [2.45, 2.75) is 12.0 Å². The summed E-state index contributed by atoms with van der Waals surface area (Å²) >= 11 is 5.54. The lowest BCUT2D eigenvalue weighted by Gasteiger charge is -2.09. The first-order valence-corrected chi connectivity index (χ1v) is 2.74. The van der Waals surface area contributed by atoms with Gasteiger partial charge >= 0.3 is 0 Å². The molecule has 7 heavy (non-hydrogen) atoms. The van der Waals surface area contributed by atoms with Crippen LogP contribution in [0.15, 0.2) is 12.2 Å². The largest absolute Gasteiger partial charge is 0.358 e. The van der Waals surface area contributed by atoms with Gasteiger partial charge in [0.1, 0.15) is 5.56 Å². The van der Waals surface area contributed by atoms with Gasteiger partial charge in [-0.05, 0) is 0 Å². The van der Waals surface area contributed by atoms with Crippen LogP contribution < -0.4 is 0 Å². The van der Waals surface area contributed by atoms with Crippen molar-refractivity contribution in [1.82, 2.24) is 0 Å². The standard InChI is InChI=1S/C5H7ClO/c6-5-3-1-2-4-7-5/h1-2,5H,3-4H2. The second kappa shape index (κ2) is 2.34. The molecular weight excluding hydrogens is 112 g/mol. The zero-order valence-corrected chi connectivity index (χ0v) is 4.69. The number of alkyl halides is 1. The predicted octanol–water partition coefficient (Wildman–Crippen LogP) is 1.53. The van der Waals surface area contributed by atoms with Crippen LogP contribution in [0.1, 0.15) is 6.42 Å². The molecule has 0 bridgehead atoms. The fourth-order valence-corrected chi connectivity index (χ4v) is 0.675. The van der Waals surface area contributed by atoms with Gasteiger partial charge in [-0.15, -0.1) is 0 Å². The molecule has 0 spiro atoms. The van der Waals surface area contributed by atoms with Gasteiger partial charge in [0.05, 0.1) is 6.61 Å². The second-order valence-electron chi connectivity index (χ2n) is 1.45. The predicted molar refractivity (Wildman–Crippen MR) is 29.3 cm³/mol. The molecule has 0 aromatic carbocycles. The third-order valence-corrected chi connectivity index (χ3v) is 1.17. The van der Waals surface area contributed by atoms with Gasteiger partial charge < -0.3 is 4.74 Å². The summed E-state index contributed by atoms with van der Waals surface area (Å²) in [6, 6.07) is 0. The minimum atomic E-state index is -0.0787. The van der Waals surface area contributed by atoms with E-state index in [9.17, 15) is 0 Å². The van der Waals surface area contributed by atoms with Gasteiger partial charge in [-0.2, -0.15) is 0 Å². The Morgan fingerprint density at radius 2 is 2.43 bits per heavy atom. The van der Waals surface area contributed by atoms with Crippen molar-refractivity contribution >= 4 is 11.6 Å². The van der Waals surface area contributed by atoms with Gasteiger partial charge in [0.15, 0.2) is 0 Å². The molecule has 0 N–H and O–H groups in total. The summed E-state index contributed by atoms with van der Waals surface area (Å²) in [6.45, 7) is 0.675. The van der Waals surface area contributed by atoms with Crippen molar-refractivity contribution in [2.24, 2.45) is 0 Å². The van der Waals surface area contributed by atoms with Gasteiger partial charge in [0, 0.05) is 6.42 Å². The van der Waals surface area contributed by atoms with Crippen LogP contribution in [0.3, 0.4) is 0 Å². The SMILES string of the molecule is ClC1CC=CCO1. The Hall–Kier alpha value is -0.0100. The lowest BCUT2D eigenvalue weighted by atomic mass is 10.3. The minimum Gasteiger partial charge on any atom is -0.358 e. The maximum Gasteiger partial charge on any atom is 0.135 e. The Balaban J connectivity index is 2.32. The molecule has 40 valence electrons. The molecule has 1 aliphatic heterocycles. The van der Waals surface area contributed by atoms with Crippen molar-refractivity contribution in [3.8, 4) is 0 Å².